The number of sulfonamides is 1. The fourth-order valence-electron chi connectivity index (χ4n) is 6.89. The first kappa shape index (κ1) is 31.3. The number of fused-ring (bicyclic) bond motifs is 2. The molecule has 1 aliphatic heterocycles. The number of hydrogen-bond donors (Lipinski definition) is 1. The van der Waals surface area contributed by atoms with Crippen molar-refractivity contribution in [1.29, 1.82) is 0 Å². The first-order valence-corrected chi connectivity index (χ1v) is 17.6. The average Bonchev–Trinajstić information content (AvgIpc) is 3.29. The molecular weight excluding hydrogens is 582 g/mol. The highest BCUT2D eigenvalue weighted by Crippen LogP contribution is 2.29. The molecule has 0 radical (unpaired) electrons. The fourth-order valence-corrected chi connectivity index (χ4v) is 8.23. The Hall–Kier alpha value is -3.72. The summed E-state index contributed by atoms with van der Waals surface area (Å²) in [7, 11) is -1.94. The van der Waals surface area contributed by atoms with E-state index in [1.807, 2.05) is 47.4 Å². The van der Waals surface area contributed by atoms with Crippen molar-refractivity contribution in [3.05, 3.63) is 108 Å². The first-order chi connectivity index (χ1) is 21.9. The molecule has 4 aromatic rings. The van der Waals surface area contributed by atoms with Crippen LogP contribution in [0.2, 0.25) is 0 Å². The van der Waals surface area contributed by atoms with Gasteiger partial charge in [-0.05, 0) is 84.7 Å². The van der Waals surface area contributed by atoms with Gasteiger partial charge in [0.2, 0.25) is 15.9 Å². The minimum absolute atomic E-state index is 0.149. The van der Waals surface area contributed by atoms with E-state index in [1.54, 1.807) is 19.2 Å². The van der Waals surface area contributed by atoms with Crippen molar-refractivity contribution >= 4 is 26.7 Å². The van der Waals surface area contributed by atoms with Gasteiger partial charge >= 0.3 is 0 Å². The normalized spacial score (nSPS) is 17.6. The molecule has 1 unspecified atom stereocenters. The molecule has 45 heavy (non-hydrogen) atoms. The molecule has 1 atom stereocenters. The monoisotopic (exact) mass is 625 g/mol. The Morgan fingerprint density at radius 1 is 0.911 bits per heavy atom. The van der Waals surface area contributed by atoms with Gasteiger partial charge in [0, 0.05) is 37.6 Å². The predicted molar refractivity (Wildman–Crippen MR) is 179 cm³/mol. The van der Waals surface area contributed by atoms with Crippen LogP contribution in [0.3, 0.4) is 0 Å². The number of aryl methyl sites for hydroxylation is 1. The highest BCUT2D eigenvalue weighted by molar-refractivity contribution is 7.89. The van der Waals surface area contributed by atoms with Crippen LogP contribution in [-0.2, 0) is 34.2 Å². The van der Waals surface area contributed by atoms with Gasteiger partial charge in [-0.25, -0.2) is 13.1 Å². The number of likely N-dealkylation sites (tertiary alicyclic amines) is 1. The molecular formula is C37H43N3O4S. The highest BCUT2D eigenvalue weighted by atomic mass is 32.2. The zero-order chi connectivity index (χ0) is 31.2. The lowest BCUT2D eigenvalue weighted by Crippen LogP contribution is -2.48. The predicted octanol–water partition coefficient (Wildman–Crippen LogP) is 5.82. The second-order valence-electron chi connectivity index (χ2n) is 12.4. The number of hydrogen-bond acceptors (Lipinski definition) is 5. The van der Waals surface area contributed by atoms with Crippen molar-refractivity contribution in [2.24, 2.45) is 5.92 Å². The number of carbonyl (C=O) groups excluding carboxylic acids is 1. The number of amides is 1. The molecule has 0 aromatic heterocycles. The van der Waals surface area contributed by atoms with E-state index in [-0.39, 0.29) is 17.9 Å². The summed E-state index contributed by atoms with van der Waals surface area (Å²) < 4.78 is 34.8. The van der Waals surface area contributed by atoms with Gasteiger partial charge in [-0.15, -0.1) is 0 Å². The number of ether oxygens (including phenoxy) is 1. The summed E-state index contributed by atoms with van der Waals surface area (Å²) in [6.45, 7) is 2.76. The van der Waals surface area contributed by atoms with Crippen LogP contribution in [-0.4, -0.2) is 63.5 Å². The summed E-state index contributed by atoms with van der Waals surface area (Å²) in [6.07, 6.45) is 5.62. The molecule has 1 saturated heterocycles. The van der Waals surface area contributed by atoms with Crippen molar-refractivity contribution < 1.29 is 17.9 Å². The molecule has 1 heterocycles. The highest BCUT2D eigenvalue weighted by Gasteiger charge is 2.29. The Balaban J connectivity index is 1.08. The number of nitrogens with zero attached hydrogens (tertiary/aromatic N) is 2. The van der Waals surface area contributed by atoms with Crippen LogP contribution in [0.15, 0.2) is 95.9 Å². The number of methoxy groups -OCH3 is 1. The van der Waals surface area contributed by atoms with Crippen molar-refractivity contribution in [3.63, 3.8) is 0 Å². The van der Waals surface area contributed by atoms with Crippen LogP contribution in [0.4, 0.5) is 0 Å². The Morgan fingerprint density at radius 2 is 1.67 bits per heavy atom. The molecule has 236 valence electrons. The molecule has 0 bridgehead atoms. The number of nitrogens with one attached hydrogen (secondary N) is 1. The van der Waals surface area contributed by atoms with Gasteiger partial charge in [0.25, 0.3) is 0 Å². The molecule has 6 rings (SSSR count). The van der Waals surface area contributed by atoms with E-state index in [0.717, 1.165) is 61.6 Å². The van der Waals surface area contributed by atoms with Crippen LogP contribution in [0.1, 0.15) is 42.4 Å². The summed E-state index contributed by atoms with van der Waals surface area (Å²) in [4.78, 5) is 18.4. The molecule has 0 spiro atoms. The van der Waals surface area contributed by atoms with Crippen LogP contribution in [0, 0.1) is 5.92 Å². The summed E-state index contributed by atoms with van der Waals surface area (Å²) >= 11 is 0. The summed E-state index contributed by atoms with van der Waals surface area (Å²) in [6, 6.07) is 30.0. The van der Waals surface area contributed by atoms with E-state index < -0.39 is 10.0 Å². The molecule has 7 nitrogen and oxygen atoms in total. The number of piperidine rings is 1. The zero-order valence-electron chi connectivity index (χ0n) is 26.0. The second-order valence-corrected chi connectivity index (χ2v) is 14.2. The molecule has 2 aliphatic rings. The standard InChI is InChI=1S/C37H43N3O4S/c1-44-34-18-17-30-12-7-14-33(23-32(30)24-34)40(26-29-9-3-2-4-10-29)27-37(41)39-21-19-28(20-22-39)25-38-45(42,43)36-16-8-13-31-11-5-6-15-35(31)36/h2-6,8-11,13,15-18,24,28,33,38H,7,12,14,19-23,25-27H2,1H3. The quantitative estimate of drug-likeness (QED) is 0.225. The summed E-state index contributed by atoms with van der Waals surface area (Å²) in [5.74, 6) is 1.21. The third kappa shape index (κ3) is 7.57. The van der Waals surface area contributed by atoms with Gasteiger partial charge in [0.15, 0.2) is 0 Å². The van der Waals surface area contributed by atoms with Crippen LogP contribution in [0.25, 0.3) is 10.8 Å². The van der Waals surface area contributed by atoms with Gasteiger partial charge < -0.3 is 9.64 Å². The third-order valence-corrected chi connectivity index (χ3v) is 11.0. The molecule has 1 fully saturated rings. The number of benzene rings is 4. The van der Waals surface area contributed by atoms with Crippen LogP contribution >= 0.6 is 0 Å². The zero-order valence-corrected chi connectivity index (χ0v) is 26.8. The van der Waals surface area contributed by atoms with Crippen LogP contribution in [0.5, 0.6) is 5.75 Å². The summed E-state index contributed by atoms with van der Waals surface area (Å²) in [5.41, 5.74) is 3.90. The van der Waals surface area contributed by atoms with E-state index >= 15 is 0 Å². The third-order valence-electron chi connectivity index (χ3n) is 9.50. The van der Waals surface area contributed by atoms with Crippen molar-refractivity contribution in [2.75, 3.05) is 33.3 Å². The van der Waals surface area contributed by atoms with E-state index in [2.05, 4.69) is 46.0 Å². The van der Waals surface area contributed by atoms with Crippen molar-refractivity contribution in [1.82, 2.24) is 14.5 Å². The van der Waals surface area contributed by atoms with E-state index in [9.17, 15) is 13.2 Å². The van der Waals surface area contributed by atoms with Gasteiger partial charge in [-0.1, -0.05) is 72.8 Å². The molecule has 4 aromatic carbocycles. The maximum Gasteiger partial charge on any atom is 0.241 e. The van der Waals surface area contributed by atoms with Gasteiger partial charge in [-0.3, -0.25) is 9.69 Å². The molecule has 0 saturated carbocycles. The van der Waals surface area contributed by atoms with Crippen LogP contribution < -0.4 is 9.46 Å². The van der Waals surface area contributed by atoms with E-state index in [0.29, 0.717) is 31.1 Å². The van der Waals surface area contributed by atoms with E-state index in [4.69, 9.17) is 4.74 Å². The fraction of sp³-hybridized carbons (Fsp3) is 0.378. The Morgan fingerprint density at radius 3 is 2.47 bits per heavy atom. The minimum Gasteiger partial charge on any atom is -0.497 e. The SMILES string of the molecule is COc1ccc2c(c1)CC(N(CC(=O)N1CCC(CNS(=O)(=O)c3cccc4ccccc34)CC1)Cc1ccccc1)CCC2. The minimum atomic E-state index is -3.65. The summed E-state index contributed by atoms with van der Waals surface area (Å²) in [5, 5.41) is 1.63. The van der Waals surface area contributed by atoms with Gasteiger partial charge in [0.05, 0.1) is 18.6 Å². The Kier molecular flexibility index (Phi) is 9.83. The maximum atomic E-state index is 13.8. The molecule has 1 N–H and O–H groups in total. The van der Waals surface area contributed by atoms with Gasteiger partial charge in [0.1, 0.15) is 5.75 Å². The lowest BCUT2D eigenvalue weighted by Gasteiger charge is -2.36. The molecule has 1 amide bonds. The average molecular weight is 626 g/mol. The maximum absolute atomic E-state index is 13.8. The van der Waals surface area contributed by atoms with Gasteiger partial charge in [-0.2, -0.15) is 0 Å². The largest absolute Gasteiger partial charge is 0.497 e. The molecule has 1 aliphatic carbocycles. The topological polar surface area (TPSA) is 79.0 Å². The lowest BCUT2D eigenvalue weighted by atomic mass is 9.97. The second kappa shape index (κ2) is 14.1. The van der Waals surface area contributed by atoms with Crippen molar-refractivity contribution in [2.45, 2.75) is 56.0 Å². The molecule has 8 heteroatoms. The Labute approximate surface area is 267 Å². The number of rotatable bonds is 10. The van der Waals surface area contributed by atoms with E-state index in [1.165, 1.54) is 16.7 Å². The first-order valence-electron chi connectivity index (χ1n) is 16.1. The number of carbonyl (C=O) groups is 1. The smallest absolute Gasteiger partial charge is 0.241 e. The lowest BCUT2D eigenvalue weighted by molar-refractivity contribution is -0.134. The van der Waals surface area contributed by atoms with Crippen molar-refractivity contribution in [3.8, 4) is 5.75 Å². The Bertz CT molecular complexity index is 1710.